The number of hydrogen-bond acceptors (Lipinski definition) is 5. The second kappa shape index (κ2) is 4.07. The van der Waals surface area contributed by atoms with Crippen molar-refractivity contribution in [1.29, 1.82) is 0 Å². The van der Waals surface area contributed by atoms with Crippen LogP contribution in [0.4, 0.5) is 0 Å². The Hall–Kier alpha value is -0.940. The van der Waals surface area contributed by atoms with E-state index in [4.69, 9.17) is 9.26 Å². The first-order chi connectivity index (χ1) is 8.15. The predicted octanol–water partition coefficient (Wildman–Crippen LogP) is 1.11. The maximum absolute atomic E-state index is 5.40. The largest absolute Gasteiger partial charge is 0.378 e. The summed E-state index contributed by atoms with van der Waals surface area (Å²) in [6.45, 7) is 6.91. The molecule has 5 nitrogen and oxygen atoms in total. The summed E-state index contributed by atoms with van der Waals surface area (Å²) < 4.78 is 10.7. The van der Waals surface area contributed by atoms with Crippen LogP contribution in [0.2, 0.25) is 0 Å². The number of ether oxygens (including phenoxy) is 1. The van der Waals surface area contributed by atoms with E-state index >= 15 is 0 Å². The predicted molar refractivity (Wildman–Crippen MR) is 61.8 cm³/mol. The standard InChI is InChI=1S/C12H19N3O2/c1-12(2)6-9(12)11-14-10(17-15-11)5-8-7-16-4-3-13-8/h8-9,13H,3-7H2,1-2H3. The normalized spacial score (nSPS) is 31.4. The Kier molecular flexibility index (Phi) is 2.67. The van der Waals surface area contributed by atoms with Gasteiger partial charge in [-0.3, -0.25) is 0 Å². The van der Waals surface area contributed by atoms with Gasteiger partial charge < -0.3 is 14.6 Å². The summed E-state index contributed by atoms with van der Waals surface area (Å²) in [7, 11) is 0. The highest BCUT2D eigenvalue weighted by Crippen LogP contribution is 2.57. The highest BCUT2D eigenvalue weighted by atomic mass is 16.5. The van der Waals surface area contributed by atoms with Gasteiger partial charge in [0.05, 0.1) is 13.2 Å². The number of aromatic nitrogens is 2. The van der Waals surface area contributed by atoms with Crippen molar-refractivity contribution in [1.82, 2.24) is 15.5 Å². The van der Waals surface area contributed by atoms with Crippen molar-refractivity contribution in [3.63, 3.8) is 0 Å². The molecule has 1 N–H and O–H groups in total. The van der Waals surface area contributed by atoms with Crippen LogP contribution in [0.5, 0.6) is 0 Å². The molecule has 94 valence electrons. The number of rotatable bonds is 3. The van der Waals surface area contributed by atoms with Crippen LogP contribution in [0.3, 0.4) is 0 Å². The summed E-state index contributed by atoms with van der Waals surface area (Å²) in [5.74, 6) is 2.09. The maximum atomic E-state index is 5.40. The van der Waals surface area contributed by atoms with Gasteiger partial charge in [-0.05, 0) is 11.8 Å². The molecule has 2 fully saturated rings. The maximum Gasteiger partial charge on any atom is 0.228 e. The van der Waals surface area contributed by atoms with E-state index in [0.29, 0.717) is 17.4 Å². The molecular formula is C12H19N3O2. The van der Waals surface area contributed by atoms with E-state index in [1.165, 1.54) is 0 Å². The Balaban J connectivity index is 1.61. The summed E-state index contributed by atoms with van der Waals surface area (Å²) in [5, 5.41) is 7.47. The van der Waals surface area contributed by atoms with Crippen LogP contribution in [-0.4, -0.2) is 35.9 Å². The van der Waals surface area contributed by atoms with Crippen LogP contribution in [0.15, 0.2) is 4.52 Å². The van der Waals surface area contributed by atoms with Gasteiger partial charge in [0.25, 0.3) is 0 Å². The summed E-state index contributed by atoms with van der Waals surface area (Å²) in [6.07, 6.45) is 1.93. The van der Waals surface area contributed by atoms with E-state index in [1.807, 2.05) is 0 Å². The molecule has 1 aromatic rings. The molecule has 1 aliphatic carbocycles. The van der Waals surface area contributed by atoms with Crippen LogP contribution in [0.1, 0.15) is 37.9 Å². The Labute approximate surface area is 101 Å². The van der Waals surface area contributed by atoms with Crippen molar-refractivity contribution in [2.75, 3.05) is 19.8 Å². The van der Waals surface area contributed by atoms with Gasteiger partial charge in [0, 0.05) is 24.9 Å². The third kappa shape index (κ3) is 2.35. The first kappa shape index (κ1) is 11.2. The van der Waals surface area contributed by atoms with Crippen LogP contribution < -0.4 is 5.32 Å². The summed E-state index contributed by atoms with van der Waals surface area (Å²) >= 11 is 0. The molecule has 1 aromatic heterocycles. The number of nitrogens with one attached hydrogen (secondary N) is 1. The molecule has 5 heteroatoms. The highest BCUT2D eigenvalue weighted by molar-refractivity contribution is 5.14. The molecule has 17 heavy (non-hydrogen) atoms. The average molecular weight is 237 g/mol. The van der Waals surface area contributed by atoms with Gasteiger partial charge in [-0.1, -0.05) is 19.0 Å². The Morgan fingerprint density at radius 3 is 2.94 bits per heavy atom. The molecule has 1 aliphatic heterocycles. The fourth-order valence-electron chi connectivity index (χ4n) is 2.36. The van der Waals surface area contributed by atoms with Gasteiger partial charge >= 0.3 is 0 Å². The lowest BCUT2D eigenvalue weighted by atomic mass is 10.1. The zero-order chi connectivity index (χ0) is 11.9. The minimum atomic E-state index is 0.310. The quantitative estimate of drug-likeness (QED) is 0.853. The van der Waals surface area contributed by atoms with Gasteiger partial charge in [0.2, 0.25) is 5.89 Å². The molecular weight excluding hydrogens is 218 g/mol. The van der Waals surface area contributed by atoms with Crippen molar-refractivity contribution < 1.29 is 9.26 Å². The third-order valence-corrected chi connectivity index (χ3v) is 3.73. The minimum absolute atomic E-state index is 0.310. The fourth-order valence-corrected chi connectivity index (χ4v) is 2.36. The molecule has 2 unspecified atom stereocenters. The van der Waals surface area contributed by atoms with E-state index in [1.54, 1.807) is 0 Å². The van der Waals surface area contributed by atoms with E-state index in [9.17, 15) is 0 Å². The smallest absolute Gasteiger partial charge is 0.228 e. The molecule has 2 atom stereocenters. The number of nitrogens with zero attached hydrogens (tertiary/aromatic N) is 2. The number of morpholine rings is 1. The van der Waals surface area contributed by atoms with E-state index < -0.39 is 0 Å². The van der Waals surface area contributed by atoms with Gasteiger partial charge in [-0.25, -0.2) is 0 Å². The lowest BCUT2D eigenvalue weighted by Crippen LogP contribution is -2.42. The zero-order valence-corrected chi connectivity index (χ0v) is 10.4. The van der Waals surface area contributed by atoms with Crippen molar-refractivity contribution >= 4 is 0 Å². The summed E-state index contributed by atoms with van der Waals surface area (Å²) in [6, 6.07) is 0.310. The lowest BCUT2D eigenvalue weighted by Gasteiger charge is -2.22. The number of hydrogen-bond donors (Lipinski definition) is 1. The second-order valence-corrected chi connectivity index (χ2v) is 5.72. The fraction of sp³-hybridized carbons (Fsp3) is 0.833. The minimum Gasteiger partial charge on any atom is -0.378 e. The second-order valence-electron chi connectivity index (χ2n) is 5.72. The van der Waals surface area contributed by atoms with Crippen molar-refractivity contribution in [3.8, 4) is 0 Å². The van der Waals surface area contributed by atoms with Crippen LogP contribution in [0, 0.1) is 5.41 Å². The van der Waals surface area contributed by atoms with Gasteiger partial charge in [0.15, 0.2) is 5.82 Å². The van der Waals surface area contributed by atoms with Crippen molar-refractivity contribution in [2.45, 2.75) is 38.6 Å². The van der Waals surface area contributed by atoms with Gasteiger partial charge in [-0.2, -0.15) is 4.98 Å². The molecule has 0 radical (unpaired) electrons. The summed E-state index contributed by atoms with van der Waals surface area (Å²) in [5.41, 5.74) is 0.355. The lowest BCUT2D eigenvalue weighted by molar-refractivity contribution is 0.0744. The molecule has 0 aromatic carbocycles. The SMILES string of the molecule is CC1(C)CC1c1noc(CC2COCCN2)n1. The van der Waals surface area contributed by atoms with E-state index in [-0.39, 0.29) is 0 Å². The molecule has 2 heterocycles. The molecule has 1 saturated carbocycles. The first-order valence-electron chi connectivity index (χ1n) is 6.29. The van der Waals surface area contributed by atoms with Crippen molar-refractivity contribution in [3.05, 3.63) is 11.7 Å². The topological polar surface area (TPSA) is 60.2 Å². The molecule has 1 saturated heterocycles. The monoisotopic (exact) mass is 237 g/mol. The van der Waals surface area contributed by atoms with Crippen molar-refractivity contribution in [2.24, 2.45) is 5.41 Å². The van der Waals surface area contributed by atoms with Crippen LogP contribution in [0.25, 0.3) is 0 Å². The zero-order valence-electron chi connectivity index (χ0n) is 10.4. The average Bonchev–Trinajstić information content (AvgIpc) is 2.74. The van der Waals surface area contributed by atoms with E-state index in [0.717, 1.165) is 44.3 Å². The Bertz CT molecular complexity index is 396. The van der Waals surface area contributed by atoms with Gasteiger partial charge in [-0.15, -0.1) is 0 Å². The summed E-state index contributed by atoms with van der Waals surface area (Å²) in [4.78, 5) is 4.49. The Morgan fingerprint density at radius 2 is 2.29 bits per heavy atom. The molecule has 2 aliphatic rings. The third-order valence-electron chi connectivity index (χ3n) is 3.73. The molecule has 0 amide bonds. The van der Waals surface area contributed by atoms with Crippen LogP contribution >= 0.6 is 0 Å². The molecule has 3 rings (SSSR count). The van der Waals surface area contributed by atoms with E-state index in [2.05, 4.69) is 29.3 Å². The first-order valence-corrected chi connectivity index (χ1v) is 6.29. The Morgan fingerprint density at radius 1 is 1.47 bits per heavy atom. The molecule has 0 bridgehead atoms. The van der Waals surface area contributed by atoms with Crippen LogP contribution in [-0.2, 0) is 11.2 Å². The highest BCUT2D eigenvalue weighted by Gasteiger charge is 2.49. The molecule has 0 spiro atoms. The van der Waals surface area contributed by atoms with Gasteiger partial charge in [0.1, 0.15) is 0 Å².